The second kappa shape index (κ2) is 6.23. The maximum atomic E-state index is 12.4. The molecule has 0 radical (unpaired) electrons. The van der Waals surface area contributed by atoms with Crippen LogP contribution in [0.1, 0.15) is 58.8 Å². The molecule has 2 rings (SSSR count). The highest BCUT2D eigenvalue weighted by Crippen LogP contribution is 2.33. The molecule has 2 fully saturated rings. The van der Waals surface area contributed by atoms with E-state index in [4.69, 9.17) is 0 Å². The normalized spacial score (nSPS) is 31.0. The van der Waals surface area contributed by atoms with E-state index in [1.165, 1.54) is 25.7 Å². The first-order chi connectivity index (χ1) is 9.14. The Hall–Kier alpha value is -0.610. The van der Waals surface area contributed by atoms with Gasteiger partial charge in [-0.25, -0.2) is 0 Å². The molecule has 2 aliphatic rings. The van der Waals surface area contributed by atoms with Crippen molar-refractivity contribution in [2.45, 2.75) is 76.4 Å². The van der Waals surface area contributed by atoms with Gasteiger partial charge in [-0.2, -0.15) is 0 Å². The van der Waals surface area contributed by atoms with E-state index in [-0.39, 0.29) is 18.6 Å². The van der Waals surface area contributed by atoms with Crippen LogP contribution in [0.3, 0.4) is 0 Å². The number of fused-ring (bicyclic) bond motifs is 1. The topological polar surface area (TPSA) is 61.4 Å². The van der Waals surface area contributed by atoms with Crippen molar-refractivity contribution in [3.8, 4) is 0 Å². The zero-order valence-electron chi connectivity index (χ0n) is 12.2. The van der Waals surface area contributed by atoms with Crippen molar-refractivity contribution in [2.24, 2.45) is 5.92 Å². The summed E-state index contributed by atoms with van der Waals surface area (Å²) in [5, 5.41) is 16.1. The lowest BCUT2D eigenvalue weighted by Gasteiger charge is -2.32. The van der Waals surface area contributed by atoms with Gasteiger partial charge < -0.3 is 15.7 Å². The summed E-state index contributed by atoms with van der Waals surface area (Å²) < 4.78 is 0. The molecule has 0 spiro atoms. The molecule has 1 heterocycles. The van der Waals surface area contributed by atoms with Gasteiger partial charge in [-0.3, -0.25) is 4.79 Å². The van der Waals surface area contributed by atoms with Gasteiger partial charge in [0, 0.05) is 6.04 Å². The van der Waals surface area contributed by atoms with Gasteiger partial charge in [-0.1, -0.05) is 26.7 Å². The molecule has 4 nitrogen and oxygen atoms in total. The van der Waals surface area contributed by atoms with E-state index >= 15 is 0 Å². The third-order valence-corrected chi connectivity index (χ3v) is 5.22. The molecular formula is C15H28N2O2. The average Bonchev–Trinajstić information content (AvgIpc) is 2.89. The lowest BCUT2D eigenvalue weighted by molar-refractivity contribution is -0.125. The minimum atomic E-state index is -0.438. The van der Waals surface area contributed by atoms with Crippen molar-refractivity contribution in [1.29, 1.82) is 0 Å². The minimum absolute atomic E-state index is 0.0192. The number of amides is 1. The van der Waals surface area contributed by atoms with Gasteiger partial charge >= 0.3 is 0 Å². The summed E-state index contributed by atoms with van der Waals surface area (Å²) in [7, 11) is 0. The van der Waals surface area contributed by atoms with Gasteiger partial charge in [-0.15, -0.1) is 0 Å². The quantitative estimate of drug-likeness (QED) is 0.709. The maximum absolute atomic E-state index is 12.4. The van der Waals surface area contributed by atoms with Gasteiger partial charge in [-0.05, 0) is 38.0 Å². The zero-order chi connectivity index (χ0) is 13.9. The van der Waals surface area contributed by atoms with Crippen molar-refractivity contribution in [3.05, 3.63) is 0 Å². The highest BCUT2D eigenvalue weighted by molar-refractivity contribution is 5.83. The summed E-state index contributed by atoms with van der Waals surface area (Å²) in [5.74, 6) is 0.753. The van der Waals surface area contributed by atoms with Crippen molar-refractivity contribution < 1.29 is 9.90 Å². The number of rotatable bonds is 5. The van der Waals surface area contributed by atoms with Gasteiger partial charge in [0.25, 0.3) is 0 Å². The van der Waals surface area contributed by atoms with Crippen molar-refractivity contribution in [1.82, 2.24) is 10.6 Å². The summed E-state index contributed by atoms with van der Waals surface area (Å²) in [6.07, 6.45) is 7.56. The molecule has 0 aromatic heterocycles. The fraction of sp³-hybridized carbons (Fsp3) is 0.933. The molecule has 0 bridgehead atoms. The standard InChI is InChI=1S/C15H28N2O2/c1-3-15(4-2,10-18)17-14(19)13-9-11-7-5-6-8-12(11)16-13/h11-13,16,18H,3-10H2,1-2H3,(H,17,19). The molecule has 1 aliphatic heterocycles. The fourth-order valence-corrected chi connectivity index (χ4v) is 3.56. The Morgan fingerprint density at radius 2 is 2.00 bits per heavy atom. The smallest absolute Gasteiger partial charge is 0.237 e. The van der Waals surface area contributed by atoms with E-state index < -0.39 is 5.54 Å². The van der Waals surface area contributed by atoms with Gasteiger partial charge in [0.1, 0.15) is 0 Å². The van der Waals surface area contributed by atoms with Crippen LogP contribution in [0.2, 0.25) is 0 Å². The van der Waals surface area contributed by atoms with Crippen molar-refractivity contribution in [3.63, 3.8) is 0 Å². The van der Waals surface area contributed by atoms with Crippen LogP contribution in [0.15, 0.2) is 0 Å². The Morgan fingerprint density at radius 3 is 2.58 bits per heavy atom. The average molecular weight is 268 g/mol. The molecule has 3 unspecified atom stereocenters. The first-order valence-corrected chi connectivity index (χ1v) is 7.83. The molecule has 0 aromatic rings. The summed E-state index contributed by atoms with van der Waals surface area (Å²) in [5.41, 5.74) is -0.438. The third kappa shape index (κ3) is 3.11. The van der Waals surface area contributed by atoms with E-state index in [0.29, 0.717) is 12.0 Å². The van der Waals surface area contributed by atoms with Gasteiger partial charge in [0.05, 0.1) is 18.2 Å². The predicted molar refractivity (Wildman–Crippen MR) is 75.8 cm³/mol. The predicted octanol–water partition coefficient (Wildman–Crippen LogP) is 1.57. The Morgan fingerprint density at radius 1 is 1.32 bits per heavy atom. The summed E-state index contributed by atoms with van der Waals surface area (Å²) in [6, 6.07) is 0.480. The van der Waals surface area contributed by atoms with E-state index in [2.05, 4.69) is 10.6 Å². The van der Waals surface area contributed by atoms with Gasteiger partial charge in [0.2, 0.25) is 5.91 Å². The fourth-order valence-electron chi connectivity index (χ4n) is 3.56. The SMILES string of the molecule is CCC(CC)(CO)NC(=O)C1CC2CCCCC2N1. The Balaban J connectivity index is 1.93. The molecule has 0 aromatic carbocycles. The summed E-state index contributed by atoms with van der Waals surface area (Å²) >= 11 is 0. The number of hydrogen-bond donors (Lipinski definition) is 3. The number of carbonyl (C=O) groups is 1. The van der Waals surface area contributed by atoms with Crippen LogP contribution in [0.5, 0.6) is 0 Å². The Kier molecular flexibility index (Phi) is 4.85. The zero-order valence-corrected chi connectivity index (χ0v) is 12.2. The van der Waals surface area contributed by atoms with Crippen LogP contribution < -0.4 is 10.6 Å². The second-order valence-electron chi connectivity index (χ2n) is 6.24. The van der Waals surface area contributed by atoms with Crippen LogP contribution >= 0.6 is 0 Å². The van der Waals surface area contributed by atoms with Crippen LogP contribution in [-0.4, -0.2) is 35.2 Å². The molecule has 1 aliphatic carbocycles. The molecule has 1 amide bonds. The lowest BCUT2D eigenvalue weighted by atomic mass is 9.85. The number of aliphatic hydroxyl groups excluding tert-OH is 1. The van der Waals surface area contributed by atoms with Crippen LogP contribution in [0.25, 0.3) is 0 Å². The first kappa shape index (κ1) is 14.8. The van der Waals surface area contributed by atoms with Crippen molar-refractivity contribution in [2.75, 3.05) is 6.61 Å². The van der Waals surface area contributed by atoms with Crippen LogP contribution in [-0.2, 0) is 4.79 Å². The van der Waals surface area contributed by atoms with Crippen LogP contribution in [0, 0.1) is 5.92 Å². The third-order valence-electron chi connectivity index (χ3n) is 5.22. The van der Waals surface area contributed by atoms with E-state index in [1.807, 2.05) is 13.8 Å². The Labute approximate surface area is 116 Å². The number of carbonyl (C=O) groups excluding carboxylic acids is 1. The monoisotopic (exact) mass is 268 g/mol. The molecule has 1 saturated carbocycles. The highest BCUT2D eigenvalue weighted by atomic mass is 16.3. The molecule has 19 heavy (non-hydrogen) atoms. The number of nitrogens with one attached hydrogen (secondary N) is 2. The number of aliphatic hydroxyl groups is 1. The lowest BCUT2D eigenvalue weighted by Crippen LogP contribution is -2.55. The highest BCUT2D eigenvalue weighted by Gasteiger charge is 2.40. The van der Waals surface area contributed by atoms with Gasteiger partial charge in [0.15, 0.2) is 0 Å². The molecule has 3 atom stereocenters. The second-order valence-corrected chi connectivity index (χ2v) is 6.24. The van der Waals surface area contributed by atoms with Crippen LogP contribution in [0.4, 0.5) is 0 Å². The molecule has 110 valence electrons. The van der Waals surface area contributed by atoms with E-state index in [0.717, 1.165) is 19.3 Å². The molecular weight excluding hydrogens is 240 g/mol. The number of hydrogen-bond acceptors (Lipinski definition) is 3. The summed E-state index contributed by atoms with van der Waals surface area (Å²) in [4.78, 5) is 12.4. The molecule has 1 saturated heterocycles. The summed E-state index contributed by atoms with van der Waals surface area (Å²) in [6.45, 7) is 4.05. The van der Waals surface area contributed by atoms with E-state index in [1.54, 1.807) is 0 Å². The largest absolute Gasteiger partial charge is 0.394 e. The Bertz CT molecular complexity index is 293. The van der Waals surface area contributed by atoms with Crippen molar-refractivity contribution >= 4 is 5.91 Å². The maximum Gasteiger partial charge on any atom is 0.237 e. The minimum Gasteiger partial charge on any atom is -0.394 e. The molecule has 4 heteroatoms. The first-order valence-electron chi connectivity index (χ1n) is 7.83. The van der Waals surface area contributed by atoms with E-state index in [9.17, 15) is 9.90 Å². The molecule has 3 N–H and O–H groups in total.